The highest BCUT2D eigenvalue weighted by Gasteiger charge is 2.14. The maximum Gasteiger partial charge on any atom is 0.258 e. The van der Waals surface area contributed by atoms with Crippen molar-refractivity contribution in [3.63, 3.8) is 0 Å². The Hall–Kier alpha value is -3.55. The van der Waals surface area contributed by atoms with Gasteiger partial charge in [0.15, 0.2) is 0 Å². The van der Waals surface area contributed by atoms with E-state index in [4.69, 9.17) is 4.74 Å². The van der Waals surface area contributed by atoms with E-state index in [1.807, 2.05) is 19.1 Å². The molecule has 8 heteroatoms. The highest BCUT2D eigenvalue weighted by atomic mass is 19.1. The van der Waals surface area contributed by atoms with E-state index in [-0.39, 0.29) is 11.5 Å². The van der Waals surface area contributed by atoms with Crippen LogP contribution in [0.5, 0.6) is 5.75 Å². The van der Waals surface area contributed by atoms with Gasteiger partial charge in [-0.25, -0.2) is 18.7 Å². The molecule has 27 heavy (non-hydrogen) atoms. The number of hydrogen-bond acceptors (Lipinski definition) is 5. The van der Waals surface area contributed by atoms with Crippen molar-refractivity contribution >= 4 is 23.2 Å². The lowest BCUT2D eigenvalue weighted by atomic mass is 10.2. The maximum atomic E-state index is 13.6. The molecular weight excluding hydrogens is 354 g/mol. The number of anilines is 3. The van der Waals surface area contributed by atoms with Gasteiger partial charge in [0.25, 0.3) is 5.91 Å². The Morgan fingerprint density at radius 1 is 1.04 bits per heavy atom. The van der Waals surface area contributed by atoms with Gasteiger partial charge in [0.2, 0.25) is 5.95 Å². The first-order valence-electron chi connectivity index (χ1n) is 8.14. The van der Waals surface area contributed by atoms with Gasteiger partial charge in [0.05, 0.1) is 17.9 Å². The largest absolute Gasteiger partial charge is 0.492 e. The molecule has 1 heterocycles. The lowest BCUT2D eigenvalue weighted by Crippen LogP contribution is -2.15. The Bertz CT molecular complexity index is 928. The van der Waals surface area contributed by atoms with E-state index < -0.39 is 23.2 Å². The number of nitrogens with one attached hydrogen (secondary N) is 2. The molecule has 2 aromatic carbocycles. The zero-order chi connectivity index (χ0) is 19.2. The predicted octanol–water partition coefficient (Wildman–Crippen LogP) is 4.15. The van der Waals surface area contributed by atoms with Gasteiger partial charge in [0.1, 0.15) is 23.1 Å². The number of aromatic nitrogens is 2. The zero-order valence-electron chi connectivity index (χ0n) is 14.4. The average Bonchev–Trinajstić information content (AvgIpc) is 2.67. The first-order valence-corrected chi connectivity index (χ1v) is 8.14. The Balaban J connectivity index is 1.73. The van der Waals surface area contributed by atoms with Crippen LogP contribution >= 0.6 is 0 Å². The molecule has 0 bridgehead atoms. The molecule has 6 nitrogen and oxygen atoms in total. The summed E-state index contributed by atoms with van der Waals surface area (Å²) in [6.45, 7) is 2.38. The number of hydrogen-bond donors (Lipinski definition) is 2. The normalized spacial score (nSPS) is 10.3. The molecule has 3 rings (SSSR count). The van der Waals surface area contributed by atoms with Gasteiger partial charge in [-0.05, 0) is 31.2 Å². The first kappa shape index (κ1) is 18.2. The summed E-state index contributed by atoms with van der Waals surface area (Å²) in [5, 5.41) is 5.17. The number of carbonyl (C=O) groups is 1. The van der Waals surface area contributed by atoms with E-state index in [1.54, 1.807) is 12.1 Å². The third-order valence-corrected chi connectivity index (χ3v) is 3.55. The molecule has 0 aliphatic rings. The summed E-state index contributed by atoms with van der Waals surface area (Å²) in [5.41, 5.74) is 0.210. The van der Waals surface area contributed by atoms with Crippen LogP contribution in [0.2, 0.25) is 0 Å². The second-order valence-corrected chi connectivity index (χ2v) is 5.40. The quantitative estimate of drug-likeness (QED) is 0.682. The van der Waals surface area contributed by atoms with Crippen molar-refractivity contribution in [2.45, 2.75) is 6.92 Å². The Morgan fingerprint density at radius 3 is 2.37 bits per heavy atom. The fourth-order valence-electron chi connectivity index (χ4n) is 2.28. The summed E-state index contributed by atoms with van der Waals surface area (Å²) >= 11 is 0. The first-order chi connectivity index (χ1) is 13.1. The molecule has 0 aliphatic carbocycles. The van der Waals surface area contributed by atoms with Crippen LogP contribution in [0.1, 0.15) is 17.3 Å². The predicted molar refractivity (Wildman–Crippen MR) is 97.2 cm³/mol. The van der Waals surface area contributed by atoms with Crippen LogP contribution in [0, 0.1) is 11.6 Å². The zero-order valence-corrected chi connectivity index (χ0v) is 14.4. The molecule has 0 aliphatic heterocycles. The SMILES string of the molecule is CCOc1ccccc1Nc1ncc(C(=O)Nc2c(F)cccc2F)cn1. The highest BCUT2D eigenvalue weighted by molar-refractivity contribution is 6.04. The Morgan fingerprint density at radius 2 is 1.70 bits per heavy atom. The monoisotopic (exact) mass is 370 g/mol. The minimum Gasteiger partial charge on any atom is -0.492 e. The summed E-state index contributed by atoms with van der Waals surface area (Å²) in [6, 6.07) is 10.6. The standard InChI is InChI=1S/C19H16F2N4O2/c1-2-27-16-9-4-3-8-15(16)24-19-22-10-12(11-23-19)18(26)25-17-13(20)6-5-7-14(17)21/h3-11H,2H2,1H3,(H,25,26)(H,22,23,24). The molecule has 1 aromatic heterocycles. The summed E-state index contributed by atoms with van der Waals surface area (Å²) in [4.78, 5) is 20.3. The van der Waals surface area contributed by atoms with Crippen LogP contribution in [0.4, 0.5) is 26.1 Å². The molecule has 2 N–H and O–H groups in total. The third-order valence-electron chi connectivity index (χ3n) is 3.55. The fourth-order valence-corrected chi connectivity index (χ4v) is 2.28. The molecule has 3 aromatic rings. The van der Waals surface area contributed by atoms with Gasteiger partial charge in [-0.2, -0.15) is 0 Å². The molecule has 0 fully saturated rings. The van der Waals surface area contributed by atoms with Crippen LogP contribution < -0.4 is 15.4 Å². The van der Waals surface area contributed by atoms with E-state index in [0.717, 1.165) is 12.1 Å². The van der Waals surface area contributed by atoms with Crippen molar-refractivity contribution in [1.29, 1.82) is 0 Å². The number of rotatable bonds is 6. The Labute approximate surface area is 154 Å². The number of halogens is 2. The molecule has 0 saturated carbocycles. The summed E-state index contributed by atoms with van der Waals surface area (Å²) < 4.78 is 32.8. The number of nitrogens with zero attached hydrogens (tertiary/aromatic N) is 2. The van der Waals surface area contributed by atoms with Gasteiger partial charge in [-0.3, -0.25) is 4.79 Å². The average molecular weight is 370 g/mol. The van der Waals surface area contributed by atoms with Crippen LogP contribution in [-0.4, -0.2) is 22.5 Å². The van der Waals surface area contributed by atoms with Crippen molar-refractivity contribution < 1.29 is 18.3 Å². The van der Waals surface area contributed by atoms with Gasteiger partial charge >= 0.3 is 0 Å². The molecule has 0 radical (unpaired) electrons. The summed E-state index contributed by atoms with van der Waals surface area (Å²) in [6.07, 6.45) is 2.51. The van der Waals surface area contributed by atoms with E-state index >= 15 is 0 Å². The van der Waals surface area contributed by atoms with Gasteiger partial charge in [-0.15, -0.1) is 0 Å². The highest BCUT2D eigenvalue weighted by Crippen LogP contribution is 2.26. The topological polar surface area (TPSA) is 76.1 Å². The minimum absolute atomic E-state index is 0.0568. The van der Waals surface area contributed by atoms with Gasteiger partial charge in [0, 0.05) is 12.4 Å². The fraction of sp³-hybridized carbons (Fsp3) is 0.105. The molecule has 0 atom stereocenters. The third kappa shape index (κ3) is 4.35. The second-order valence-electron chi connectivity index (χ2n) is 5.40. The van der Waals surface area contributed by atoms with Crippen molar-refractivity contribution in [1.82, 2.24) is 9.97 Å². The van der Waals surface area contributed by atoms with Gasteiger partial charge in [-0.1, -0.05) is 18.2 Å². The molecular formula is C19H16F2N4O2. The van der Waals surface area contributed by atoms with Crippen molar-refractivity contribution in [3.05, 3.63) is 72.1 Å². The maximum absolute atomic E-state index is 13.6. The number of para-hydroxylation sites is 3. The van der Waals surface area contributed by atoms with E-state index in [9.17, 15) is 13.6 Å². The van der Waals surface area contributed by atoms with Crippen molar-refractivity contribution in [3.8, 4) is 5.75 Å². The van der Waals surface area contributed by atoms with Gasteiger partial charge < -0.3 is 15.4 Å². The lowest BCUT2D eigenvalue weighted by molar-refractivity contribution is 0.102. The minimum atomic E-state index is -0.866. The number of carbonyl (C=O) groups excluding carboxylic acids is 1. The molecule has 0 spiro atoms. The molecule has 0 saturated heterocycles. The molecule has 0 unspecified atom stereocenters. The molecule has 138 valence electrons. The lowest BCUT2D eigenvalue weighted by Gasteiger charge is -2.11. The number of benzene rings is 2. The summed E-state index contributed by atoms with van der Waals surface area (Å²) in [5.74, 6) is -1.57. The van der Waals surface area contributed by atoms with Crippen LogP contribution in [0.15, 0.2) is 54.9 Å². The number of ether oxygens (including phenoxy) is 1. The Kier molecular flexibility index (Phi) is 5.55. The van der Waals surface area contributed by atoms with Crippen LogP contribution in [0.25, 0.3) is 0 Å². The number of amides is 1. The van der Waals surface area contributed by atoms with Crippen LogP contribution in [-0.2, 0) is 0 Å². The van der Waals surface area contributed by atoms with Crippen molar-refractivity contribution in [2.75, 3.05) is 17.2 Å². The summed E-state index contributed by atoms with van der Waals surface area (Å²) in [7, 11) is 0. The van der Waals surface area contributed by atoms with E-state index in [2.05, 4.69) is 20.6 Å². The van der Waals surface area contributed by atoms with E-state index in [0.29, 0.717) is 18.0 Å². The van der Waals surface area contributed by atoms with E-state index in [1.165, 1.54) is 18.5 Å². The van der Waals surface area contributed by atoms with Crippen LogP contribution in [0.3, 0.4) is 0 Å². The van der Waals surface area contributed by atoms with Crippen molar-refractivity contribution in [2.24, 2.45) is 0 Å². The molecule has 1 amide bonds. The second kappa shape index (κ2) is 8.22. The smallest absolute Gasteiger partial charge is 0.258 e.